The number of thiophene rings is 1. The number of amides is 2. The maximum atomic E-state index is 13.2. The minimum atomic E-state index is -0.476. The molecule has 0 saturated carbocycles. The fraction of sp³-hybridized carbons (Fsp3) is 0.440. The molecule has 6 nitrogen and oxygen atoms in total. The van der Waals surface area contributed by atoms with E-state index >= 15 is 0 Å². The van der Waals surface area contributed by atoms with Gasteiger partial charge in [-0.1, -0.05) is 20.8 Å². The molecule has 2 N–H and O–H groups in total. The zero-order chi connectivity index (χ0) is 23.0. The van der Waals surface area contributed by atoms with Crippen LogP contribution in [-0.4, -0.2) is 41.9 Å². The zero-order valence-electron chi connectivity index (χ0n) is 19.4. The molecule has 32 heavy (non-hydrogen) atoms. The second-order valence-electron chi connectivity index (χ2n) is 9.55. The third-order valence-corrected chi connectivity index (χ3v) is 7.31. The van der Waals surface area contributed by atoms with Crippen LogP contribution in [0.25, 0.3) is 10.9 Å². The van der Waals surface area contributed by atoms with Crippen molar-refractivity contribution in [2.75, 3.05) is 25.5 Å². The van der Waals surface area contributed by atoms with Gasteiger partial charge in [-0.25, -0.2) is 0 Å². The van der Waals surface area contributed by atoms with E-state index in [4.69, 9.17) is 4.74 Å². The Morgan fingerprint density at radius 1 is 1.19 bits per heavy atom. The fourth-order valence-corrected chi connectivity index (χ4v) is 5.21. The van der Waals surface area contributed by atoms with Gasteiger partial charge in [-0.3, -0.25) is 9.59 Å². The Morgan fingerprint density at radius 3 is 2.56 bits per heavy atom. The molecule has 2 aromatic heterocycles. The summed E-state index contributed by atoms with van der Waals surface area (Å²) in [6, 6.07) is 7.99. The molecule has 7 heteroatoms. The Labute approximate surface area is 193 Å². The predicted octanol–water partition coefficient (Wildman–Crippen LogP) is 5.55. The van der Waals surface area contributed by atoms with Gasteiger partial charge in [0.25, 0.3) is 5.91 Å². The zero-order valence-corrected chi connectivity index (χ0v) is 20.2. The van der Waals surface area contributed by atoms with Gasteiger partial charge in [0.1, 0.15) is 5.75 Å². The van der Waals surface area contributed by atoms with Crippen LogP contribution in [0.5, 0.6) is 5.75 Å². The van der Waals surface area contributed by atoms with Gasteiger partial charge in [0, 0.05) is 35.6 Å². The van der Waals surface area contributed by atoms with Crippen LogP contribution in [0, 0.1) is 12.3 Å². The Bertz CT molecular complexity index is 1150. The molecule has 0 atom stereocenters. The highest BCUT2D eigenvalue weighted by Gasteiger charge is 2.28. The normalized spacial score (nSPS) is 15.2. The van der Waals surface area contributed by atoms with E-state index in [0.717, 1.165) is 47.8 Å². The number of aromatic nitrogens is 1. The Kier molecular flexibility index (Phi) is 6.03. The lowest BCUT2D eigenvalue weighted by Crippen LogP contribution is -2.37. The van der Waals surface area contributed by atoms with E-state index in [9.17, 15) is 9.59 Å². The smallest absolute Gasteiger partial charge is 0.264 e. The number of ether oxygens (including phenoxy) is 1. The van der Waals surface area contributed by atoms with Crippen molar-refractivity contribution in [1.82, 2.24) is 9.88 Å². The number of anilines is 1. The number of hydrogen-bond acceptors (Lipinski definition) is 4. The molecule has 1 aromatic carbocycles. The second-order valence-corrected chi connectivity index (χ2v) is 10.6. The second kappa shape index (κ2) is 8.62. The van der Waals surface area contributed by atoms with Crippen LogP contribution in [0.15, 0.2) is 30.5 Å². The third-order valence-electron chi connectivity index (χ3n) is 6.17. The van der Waals surface area contributed by atoms with E-state index in [-0.39, 0.29) is 11.8 Å². The molecule has 3 aromatic rings. The van der Waals surface area contributed by atoms with Gasteiger partial charge < -0.3 is 19.9 Å². The highest BCUT2D eigenvalue weighted by Crippen LogP contribution is 2.36. The molecule has 0 unspecified atom stereocenters. The maximum Gasteiger partial charge on any atom is 0.264 e. The molecule has 0 bridgehead atoms. The largest absolute Gasteiger partial charge is 0.497 e. The lowest BCUT2D eigenvalue weighted by Gasteiger charge is -2.32. The molecule has 3 heterocycles. The molecule has 1 aliphatic heterocycles. The third kappa shape index (κ3) is 4.39. The first-order valence-corrected chi connectivity index (χ1v) is 11.8. The molecule has 1 saturated heterocycles. The van der Waals surface area contributed by atoms with Crippen molar-refractivity contribution >= 4 is 39.1 Å². The number of fused-ring (bicyclic) bond motifs is 1. The molecular weight excluding hydrogens is 422 g/mol. The van der Waals surface area contributed by atoms with Crippen LogP contribution in [-0.2, 0) is 4.79 Å². The van der Waals surface area contributed by atoms with Crippen molar-refractivity contribution in [3.8, 4) is 5.75 Å². The van der Waals surface area contributed by atoms with Crippen molar-refractivity contribution in [2.45, 2.75) is 46.5 Å². The Morgan fingerprint density at radius 2 is 1.91 bits per heavy atom. The summed E-state index contributed by atoms with van der Waals surface area (Å²) in [5, 5.41) is 4.87. The maximum absolute atomic E-state index is 13.2. The molecule has 0 aliphatic carbocycles. The van der Waals surface area contributed by atoms with Crippen LogP contribution < -0.4 is 10.1 Å². The summed E-state index contributed by atoms with van der Waals surface area (Å²) < 4.78 is 5.40. The van der Waals surface area contributed by atoms with Crippen molar-refractivity contribution < 1.29 is 14.3 Å². The van der Waals surface area contributed by atoms with Crippen LogP contribution in [0.4, 0.5) is 5.00 Å². The first-order chi connectivity index (χ1) is 15.2. The fourth-order valence-electron chi connectivity index (χ4n) is 4.18. The number of rotatable bonds is 4. The van der Waals surface area contributed by atoms with Gasteiger partial charge in [-0.2, -0.15) is 0 Å². The molecule has 0 spiro atoms. The van der Waals surface area contributed by atoms with E-state index in [1.165, 1.54) is 22.3 Å². The van der Waals surface area contributed by atoms with Crippen molar-refractivity contribution in [1.29, 1.82) is 0 Å². The lowest BCUT2D eigenvalue weighted by atomic mass is 9.89. The van der Waals surface area contributed by atoms with Gasteiger partial charge in [0.2, 0.25) is 5.91 Å². The topological polar surface area (TPSA) is 74.4 Å². The first kappa shape index (κ1) is 22.4. The monoisotopic (exact) mass is 453 g/mol. The van der Waals surface area contributed by atoms with Crippen molar-refractivity contribution in [3.63, 3.8) is 0 Å². The van der Waals surface area contributed by atoms with Gasteiger partial charge in [0.05, 0.1) is 17.0 Å². The number of H-pyrrole nitrogens is 1. The molecule has 2 amide bonds. The number of methoxy groups -OCH3 is 1. The molecule has 4 rings (SSSR count). The van der Waals surface area contributed by atoms with Crippen molar-refractivity contribution in [3.05, 3.63) is 46.5 Å². The summed E-state index contributed by atoms with van der Waals surface area (Å²) in [5.41, 5.74) is 2.84. The summed E-state index contributed by atoms with van der Waals surface area (Å²) >= 11 is 1.37. The van der Waals surface area contributed by atoms with E-state index in [1.54, 1.807) is 7.11 Å². The van der Waals surface area contributed by atoms with Crippen LogP contribution in [0.1, 0.15) is 60.3 Å². The van der Waals surface area contributed by atoms with Crippen LogP contribution >= 0.6 is 11.3 Å². The number of hydrogen-bond donors (Lipinski definition) is 2. The number of aromatic amines is 1. The van der Waals surface area contributed by atoms with E-state index in [0.29, 0.717) is 10.8 Å². The minimum absolute atomic E-state index is 0.0473. The molecule has 0 radical (unpaired) electrons. The summed E-state index contributed by atoms with van der Waals surface area (Å²) in [6.45, 7) is 9.01. The van der Waals surface area contributed by atoms with Gasteiger partial charge in [0.15, 0.2) is 0 Å². The van der Waals surface area contributed by atoms with E-state index in [2.05, 4.69) is 22.6 Å². The number of piperidine rings is 1. The average Bonchev–Trinajstić information content (AvgIpc) is 3.35. The lowest BCUT2D eigenvalue weighted by molar-refractivity contribution is -0.123. The number of nitrogens with zero attached hydrogens (tertiary/aromatic N) is 1. The number of benzene rings is 1. The number of aryl methyl sites for hydroxylation is 1. The molecule has 170 valence electrons. The number of carbonyl (C=O) groups is 2. The number of likely N-dealkylation sites (tertiary alicyclic amines) is 1. The quantitative estimate of drug-likeness (QED) is 0.544. The molecule has 1 fully saturated rings. The number of nitrogens with one attached hydrogen (secondary N) is 2. The first-order valence-electron chi connectivity index (χ1n) is 11.0. The Balaban J connectivity index is 1.44. The highest BCUT2D eigenvalue weighted by atomic mass is 32.1. The van der Waals surface area contributed by atoms with Gasteiger partial charge in [-0.15, -0.1) is 11.3 Å². The minimum Gasteiger partial charge on any atom is -0.497 e. The number of carbonyl (C=O) groups excluding carboxylic acids is 2. The molecular formula is C25H31N3O3S. The predicted molar refractivity (Wildman–Crippen MR) is 130 cm³/mol. The van der Waals surface area contributed by atoms with Crippen LogP contribution in [0.2, 0.25) is 0 Å². The van der Waals surface area contributed by atoms with Gasteiger partial charge in [-0.05, 0) is 61.1 Å². The van der Waals surface area contributed by atoms with Gasteiger partial charge >= 0.3 is 0 Å². The summed E-state index contributed by atoms with van der Waals surface area (Å²) in [4.78, 5) is 31.5. The van der Waals surface area contributed by atoms with E-state index < -0.39 is 5.41 Å². The van der Waals surface area contributed by atoms with Crippen molar-refractivity contribution in [2.24, 2.45) is 5.41 Å². The summed E-state index contributed by atoms with van der Waals surface area (Å²) in [6.07, 6.45) is 3.95. The van der Waals surface area contributed by atoms with E-state index in [1.807, 2.05) is 50.8 Å². The summed E-state index contributed by atoms with van der Waals surface area (Å²) in [5.74, 6) is 1.27. The average molecular weight is 454 g/mol. The Hall–Kier alpha value is -2.80. The highest BCUT2D eigenvalue weighted by molar-refractivity contribution is 7.18. The standard InChI is InChI=1S/C25H31N3O3S/c1-15-12-21(27-24(30)25(2,3)4)32-22(15)23(29)28-10-8-16(9-11-28)19-14-26-20-7-6-17(31-5)13-18(19)20/h6-7,12-14,16,26H,8-11H2,1-5H3,(H,27,30). The molecule has 1 aliphatic rings. The SMILES string of the molecule is COc1ccc2[nH]cc(C3CCN(C(=O)c4sc(NC(=O)C(C)(C)C)cc4C)CC3)c2c1. The summed E-state index contributed by atoms with van der Waals surface area (Å²) in [7, 11) is 1.68. The van der Waals surface area contributed by atoms with Crippen LogP contribution in [0.3, 0.4) is 0 Å².